The van der Waals surface area contributed by atoms with E-state index in [-0.39, 0.29) is 0 Å². The lowest BCUT2D eigenvalue weighted by Gasteiger charge is -1.99. The lowest BCUT2D eigenvalue weighted by atomic mass is 10.1. The van der Waals surface area contributed by atoms with Gasteiger partial charge in [0.25, 0.3) is 0 Å². The van der Waals surface area contributed by atoms with Crippen molar-refractivity contribution in [1.82, 2.24) is 0 Å². The number of hydrogen-bond acceptors (Lipinski definition) is 3. The summed E-state index contributed by atoms with van der Waals surface area (Å²) in [6, 6.07) is 5.95. The van der Waals surface area contributed by atoms with Crippen LogP contribution in [0.15, 0.2) is 22.6 Å². The summed E-state index contributed by atoms with van der Waals surface area (Å²) < 4.78 is 11.1. The standard InChI is InChI=1S/C13H17NO2/c1-3-5-9-10-6-4-7-11(15-2)13(10)16-12(9)8-14/h4,6-7H,3,5,8,14H2,1-2H3. The molecule has 0 aliphatic carbocycles. The number of ether oxygens (including phenoxy) is 1. The van der Waals surface area contributed by atoms with Gasteiger partial charge in [-0.1, -0.05) is 25.5 Å². The summed E-state index contributed by atoms with van der Waals surface area (Å²) in [7, 11) is 1.65. The zero-order chi connectivity index (χ0) is 11.5. The van der Waals surface area contributed by atoms with Gasteiger partial charge in [-0.05, 0) is 12.5 Å². The van der Waals surface area contributed by atoms with Gasteiger partial charge in [0.05, 0.1) is 13.7 Å². The van der Waals surface area contributed by atoms with Crippen LogP contribution in [0.2, 0.25) is 0 Å². The van der Waals surface area contributed by atoms with E-state index in [2.05, 4.69) is 13.0 Å². The van der Waals surface area contributed by atoms with Crippen molar-refractivity contribution in [3.63, 3.8) is 0 Å². The molecule has 1 aromatic carbocycles. The van der Waals surface area contributed by atoms with Crippen LogP contribution in [0, 0.1) is 0 Å². The highest BCUT2D eigenvalue weighted by Crippen LogP contribution is 2.33. The third-order valence-electron chi connectivity index (χ3n) is 2.77. The Labute approximate surface area is 95.2 Å². The van der Waals surface area contributed by atoms with E-state index in [9.17, 15) is 0 Å². The molecule has 0 aliphatic heterocycles. The van der Waals surface area contributed by atoms with Crippen molar-refractivity contribution in [2.75, 3.05) is 7.11 Å². The molecular weight excluding hydrogens is 202 g/mol. The Hall–Kier alpha value is -1.48. The fourth-order valence-corrected chi connectivity index (χ4v) is 2.04. The Morgan fingerprint density at radius 2 is 2.19 bits per heavy atom. The molecule has 0 saturated carbocycles. The molecule has 16 heavy (non-hydrogen) atoms. The van der Waals surface area contributed by atoms with Gasteiger partial charge >= 0.3 is 0 Å². The van der Waals surface area contributed by atoms with Gasteiger partial charge in [-0.25, -0.2) is 0 Å². The summed E-state index contributed by atoms with van der Waals surface area (Å²) in [5, 5.41) is 1.13. The lowest BCUT2D eigenvalue weighted by molar-refractivity contribution is 0.407. The van der Waals surface area contributed by atoms with Crippen LogP contribution in [-0.4, -0.2) is 7.11 Å². The molecule has 0 spiro atoms. The average Bonchev–Trinajstić information content (AvgIpc) is 2.68. The molecule has 0 radical (unpaired) electrons. The number of furan rings is 1. The van der Waals surface area contributed by atoms with Gasteiger partial charge in [-0.3, -0.25) is 0 Å². The fourth-order valence-electron chi connectivity index (χ4n) is 2.04. The van der Waals surface area contributed by atoms with Gasteiger partial charge in [-0.15, -0.1) is 0 Å². The van der Waals surface area contributed by atoms with Gasteiger partial charge in [0, 0.05) is 10.9 Å². The van der Waals surface area contributed by atoms with E-state index in [1.54, 1.807) is 7.11 Å². The average molecular weight is 219 g/mol. The summed E-state index contributed by atoms with van der Waals surface area (Å²) in [4.78, 5) is 0. The van der Waals surface area contributed by atoms with Crippen LogP contribution < -0.4 is 10.5 Å². The smallest absolute Gasteiger partial charge is 0.176 e. The Kier molecular flexibility index (Phi) is 3.15. The van der Waals surface area contributed by atoms with E-state index in [1.807, 2.05) is 12.1 Å². The number of benzene rings is 1. The highest BCUT2D eigenvalue weighted by molar-refractivity contribution is 5.87. The number of nitrogens with two attached hydrogens (primary N) is 1. The van der Waals surface area contributed by atoms with Gasteiger partial charge in [-0.2, -0.15) is 0 Å². The molecule has 1 aromatic heterocycles. The second kappa shape index (κ2) is 4.58. The predicted molar refractivity (Wildman–Crippen MR) is 64.7 cm³/mol. The van der Waals surface area contributed by atoms with E-state index >= 15 is 0 Å². The number of rotatable bonds is 4. The monoisotopic (exact) mass is 219 g/mol. The number of para-hydroxylation sites is 1. The van der Waals surface area contributed by atoms with Crippen LogP contribution in [0.25, 0.3) is 11.0 Å². The van der Waals surface area contributed by atoms with Crippen LogP contribution >= 0.6 is 0 Å². The first-order valence-corrected chi connectivity index (χ1v) is 5.59. The van der Waals surface area contributed by atoms with E-state index < -0.39 is 0 Å². The van der Waals surface area contributed by atoms with E-state index in [4.69, 9.17) is 14.9 Å². The topological polar surface area (TPSA) is 48.4 Å². The van der Waals surface area contributed by atoms with Crippen LogP contribution in [0.5, 0.6) is 5.75 Å². The summed E-state index contributed by atoms with van der Waals surface area (Å²) in [6.07, 6.45) is 2.07. The van der Waals surface area contributed by atoms with Gasteiger partial charge < -0.3 is 14.9 Å². The minimum Gasteiger partial charge on any atom is -0.493 e. The zero-order valence-corrected chi connectivity index (χ0v) is 9.75. The largest absolute Gasteiger partial charge is 0.493 e. The van der Waals surface area contributed by atoms with E-state index in [0.29, 0.717) is 6.54 Å². The van der Waals surface area contributed by atoms with Crippen molar-refractivity contribution < 1.29 is 9.15 Å². The van der Waals surface area contributed by atoms with Gasteiger partial charge in [0.2, 0.25) is 0 Å². The normalized spacial score (nSPS) is 10.9. The molecule has 0 saturated heterocycles. The number of fused-ring (bicyclic) bond motifs is 1. The van der Waals surface area contributed by atoms with E-state index in [0.717, 1.165) is 35.3 Å². The Morgan fingerprint density at radius 3 is 2.81 bits per heavy atom. The van der Waals surface area contributed by atoms with Gasteiger partial charge in [0.15, 0.2) is 11.3 Å². The van der Waals surface area contributed by atoms with Crippen molar-refractivity contribution in [2.24, 2.45) is 5.73 Å². The molecule has 86 valence electrons. The number of hydrogen-bond donors (Lipinski definition) is 1. The summed E-state index contributed by atoms with van der Waals surface area (Å²) >= 11 is 0. The molecule has 0 bridgehead atoms. The van der Waals surface area contributed by atoms with Gasteiger partial charge in [0.1, 0.15) is 5.76 Å². The first-order valence-electron chi connectivity index (χ1n) is 5.59. The number of aryl methyl sites for hydroxylation is 1. The molecule has 0 fully saturated rings. The Balaban J connectivity index is 2.66. The molecule has 3 heteroatoms. The summed E-state index contributed by atoms with van der Waals surface area (Å²) in [5.74, 6) is 1.65. The van der Waals surface area contributed by atoms with Crippen molar-refractivity contribution in [2.45, 2.75) is 26.3 Å². The minimum atomic E-state index is 0.438. The SMILES string of the molecule is CCCc1c(CN)oc2c(OC)cccc12. The second-order valence-corrected chi connectivity index (χ2v) is 3.79. The minimum absolute atomic E-state index is 0.438. The van der Waals surface area contributed by atoms with Crippen LogP contribution in [0.1, 0.15) is 24.7 Å². The Morgan fingerprint density at radius 1 is 1.38 bits per heavy atom. The van der Waals surface area contributed by atoms with Crippen LogP contribution in [-0.2, 0) is 13.0 Å². The lowest BCUT2D eigenvalue weighted by Crippen LogP contribution is -1.98. The predicted octanol–water partition coefficient (Wildman–Crippen LogP) is 2.85. The maximum atomic E-state index is 5.77. The third-order valence-corrected chi connectivity index (χ3v) is 2.77. The molecule has 0 amide bonds. The second-order valence-electron chi connectivity index (χ2n) is 3.79. The van der Waals surface area contributed by atoms with Crippen molar-refractivity contribution in [3.8, 4) is 5.75 Å². The molecule has 2 rings (SSSR count). The molecule has 1 heterocycles. The highest BCUT2D eigenvalue weighted by atomic mass is 16.5. The fraction of sp³-hybridized carbons (Fsp3) is 0.385. The molecule has 0 aliphatic rings. The van der Waals surface area contributed by atoms with Crippen molar-refractivity contribution in [3.05, 3.63) is 29.5 Å². The van der Waals surface area contributed by atoms with Crippen LogP contribution in [0.3, 0.4) is 0 Å². The zero-order valence-electron chi connectivity index (χ0n) is 9.75. The third kappa shape index (κ3) is 1.67. The van der Waals surface area contributed by atoms with E-state index in [1.165, 1.54) is 5.56 Å². The Bertz CT molecular complexity index is 488. The molecule has 3 nitrogen and oxygen atoms in total. The first kappa shape index (κ1) is 11.0. The van der Waals surface area contributed by atoms with Crippen molar-refractivity contribution in [1.29, 1.82) is 0 Å². The molecular formula is C13H17NO2. The first-order chi connectivity index (χ1) is 7.81. The summed E-state index contributed by atoms with van der Waals surface area (Å²) in [5.41, 5.74) is 7.74. The molecule has 0 atom stereocenters. The molecule has 2 N–H and O–H groups in total. The molecule has 2 aromatic rings. The maximum absolute atomic E-state index is 5.77. The van der Waals surface area contributed by atoms with Crippen LogP contribution in [0.4, 0.5) is 0 Å². The van der Waals surface area contributed by atoms with Crippen molar-refractivity contribution >= 4 is 11.0 Å². The number of methoxy groups -OCH3 is 1. The quantitative estimate of drug-likeness (QED) is 0.860. The maximum Gasteiger partial charge on any atom is 0.176 e. The molecule has 0 unspecified atom stereocenters. The highest BCUT2D eigenvalue weighted by Gasteiger charge is 2.14. The summed E-state index contributed by atoms with van der Waals surface area (Å²) in [6.45, 7) is 2.59.